The van der Waals surface area contributed by atoms with Gasteiger partial charge in [-0.3, -0.25) is 9.78 Å². The maximum Gasteiger partial charge on any atom is 0.312 e. The fourth-order valence-electron chi connectivity index (χ4n) is 3.27. The van der Waals surface area contributed by atoms with E-state index in [1.54, 1.807) is 20.4 Å². The Morgan fingerprint density at radius 1 is 0.969 bits per heavy atom. The van der Waals surface area contributed by atoms with Crippen LogP contribution in [0.2, 0.25) is 0 Å². The summed E-state index contributed by atoms with van der Waals surface area (Å²) in [6.45, 7) is 0. The molecule has 2 aromatic carbocycles. The number of methoxy groups -OCH3 is 2. The van der Waals surface area contributed by atoms with Crippen molar-refractivity contribution in [2.45, 2.75) is 12.5 Å². The van der Waals surface area contributed by atoms with Crippen molar-refractivity contribution in [2.24, 2.45) is 0 Å². The lowest BCUT2D eigenvalue weighted by atomic mass is 10.1. The minimum atomic E-state index is -0.575. The summed E-state index contributed by atoms with van der Waals surface area (Å²) in [7, 11) is 3.19. The van der Waals surface area contributed by atoms with Crippen LogP contribution in [0.4, 0.5) is 0 Å². The molecule has 32 heavy (non-hydrogen) atoms. The van der Waals surface area contributed by atoms with E-state index in [0.29, 0.717) is 22.9 Å². The maximum absolute atomic E-state index is 12.8. The van der Waals surface area contributed by atoms with Gasteiger partial charge in [0.05, 0.1) is 32.0 Å². The zero-order valence-corrected chi connectivity index (χ0v) is 18.5. The Kier molecular flexibility index (Phi) is 6.77. The minimum Gasteiger partial charge on any atom is -0.493 e. The summed E-state index contributed by atoms with van der Waals surface area (Å²) in [6, 6.07) is 20.8. The summed E-state index contributed by atoms with van der Waals surface area (Å²) >= 11 is 1.46. The van der Waals surface area contributed by atoms with E-state index in [0.717, 1.165) is 16.1 Å². The molecular formula is C25H22N2O4S. The van der Waals surface area contributed by atoms with Crippen molar-refractivity contribution in [3.8, 4) is 22.1 Å². The summed E-state index contributed by atoms with van der Waals surface area (Å²) < 4.78 is 16.5. The normalized spacial score (nSPS) is 11.6. The molecule has 0 N–H and O–H groups in total. The molecule has 0 aliphatic rings. The Hall–Kier alpha value is -3.71. The quantitative estimate of drug-likeness (QED) is 0.351. The number of carbonyl (C=O) groups is 1. The predicted octanol–water partition coefficient (Wildman–Crippen LogP) is 5.10. The number of hydrogen-bond acceptors (Lipinski definition) is 7. The second kappa shape index (κ2) is 10.1. The van der Waals surface area contributed by atoms with Gasteiger partial charge >= 0.3 is 5.97 Å². The molecule has 6 nitrogen and oxygen atoms in total. The molecular weight excluding hydrogens is 424 g/mol. The molecule has 0 amide bonds. The smallest absolute Gasteiger partial charge is 0.312 e. The van der Waals surface area contributed by atoms with Gasteiger partial charge in [-0.15, -0.1) is 11.3 Å². The highest BCUT2D eigenvalue weighted by Crippen LogP contribution is 2.33. The summed E-state index contributed by atoms with van der Waals surface area (Å²) in [6.07, 6.45) is 1.18. The lowest BCUT2D eigenvalue weighted by Gasteiger charge is -2.17. The van der Waals surface area contributed by atoms with E-state index in [-0.39, 0.29) is 12.4 Å². The largest absolute Gasteiger partial charge is 0.493 e. The van der Waals surface area contributed by atoms with Crippen LogP contribution in [0, 0.1) is 0 Å². The minimum absolute atomic E-state index is 0.0694. The number of aromatic nitrogens is 2. The molecule has 2 heterocycles. The summed E-state index contributed by atoms with van der Waals surface area (Å²) in [5.41, 5.74) is 3.08. The van der Waals surface area contributed by atoms with Gasteiger partial charge in [-0.25, -0.2) is 4.98 Å². The van der Waals surface area contributed by atoms with E-state index >= 15 is 0 Å². The molecule has 162 valence electrons. The molecule has 7 heteroatoms. The standard InChI is InChI=1S/C25H22N2O4S/c1-29-21-12-11-18(14-22(21)30-2)25-27-19(16-32-25)15-23(28)31-24(17-8-4-3-5-9-17)20-10-6-7-13-26-20/h3-14,16,24H,15H2,1-2H3. The highest BCUT2D eigenvalue weighted by molar-refractivity contribution is 7.13. The number of thiazole rings is 1. The summed E-state index contributed by atoms with van der Waals surface area (Å²) in [4.78, 5) is 21.8. The van der Waals surface area contributed by atoms with Crippen LogP contribution in [0.5, 0.6) is 11.5 Å². The van der Waals surface area contributed by atoms with Crippen LogP contribution in [0.25, 0.3) is 10.6 Å². The number of ether oxygens (including phenoxy) is 3. The first kappa shape index (κ1) is 21.5. The lowest BCUT2D eigenvalue weighted by Crippen LogP contribution is -2.15. The lowest BCUT2D eigenvalue weighted by molar-refractivity contribution is -0.146. The van der Waals surface area contributed by atoms with E-state index in [1.807, 2.05) is 72.1 Å². The van der Waals surface area contributed by atoms with E-state index in [2.05, 4.69) is 9.97 Å². The van der Waals surface area contributed by atoms with E-state index in [4.69, 9.17) is 14.2 Å². The molecule has 0 radical (unpaired) electrons. The van der Waals surface area contributed by atoms with Gasteiger partial charge in [-0.05, 0) is 35.9 Å². The first-order valence-electron chi connectivity index (χ1n) is 10.00. The third-order valence-corrected chi connectivity index (χ3v) is 5.76. The number of rotatable bonds is 8. The third kappa shape index (κ3) is 4.95. The van der Waals surface area contributed by atoms with Crippen molar-refractivity contribution in [1.82, 2.24) is 9.97 Å². The Bertz CT molecular complexity index is 1140. The zero-order valence-electron chi connectivity index (χ0n) is 17.7. The number of hydrogen-bond donors (Lipinski definition) is 0. The molecule has 0 saturated carbocycles. The van der Waals surface area contributed by atoms with Crippen molar-refractivity contribution >= 4 is 17.3 Å². The second-order valence-electron chi connectivity index (χ2n) is 6.93. The van der Waals surface area contributed by atoms with Crippen LogP contribution >= 0.6 is 11.3 Å². The van der Waals surface area contributed by atoms with Crippen molar-refractivity contribution < 1.29 is 19.0 Å². The second-order valence-corrected chi connectivity index (χ2v) is 7.78. The SMILES string of the molecule is COc1ccc(-c2nc(CC(=O)OC(c3ccccc3)c3ccccn3)cs2)cc1OC. The first-order valence-corrected chi connectivity index (χ1v) is 10.9. The van der Waals surface area contributed by atoms with Gasteiger partial charge in [0.1, 0.15) is 5.01 Å². The molecule has 0 bridgehead atoms. The Labute approximate surface area is 190 Å². The third-order valence-electron chi connectivity index (χ3n) is 4.82. The van der Waals surface area contributed by atoms with Crippen molar-refractivity contribution in [2.75, 3.05) is 14.2 Å². The topological polar surface area (TPSA) is 70.5 Å². The molecule has 0 aliphatic heterocycles. The monoisotopic (exact) mass is 446 g/mol. The van der Waals surface area contributed by atoms with Gasteiger partial charge < -0.3 is 14.2 Å². The number of pyridine rings is 1. The first-order chi connectivity index (χ1) is 15.7. The molecule has 1 atom stereocenters. The van der Waals surface area contributed by atoms with Crippen LogP contribution in [0.1, 0.15) is 23.1 Å². The van der Waals surface area contributed by atoms with Gasteiger partial charge in [0, 0.05) is 17.1 Å². The van der Waals surface area contributed by atoms with Crippen molar-refractivity contribution in [1.29, 1.82) is 0 Å². The number of nitrogens with zero attached hydrogens (tertiary/aromatic N) is 2. The summed E-state index contributed by atoms with van der Waals surface area (Å²) in [5, 5.41) is 2.66. The molecule has 0 aliphatic carbocycles. The molecule has 0 saturated heterocycles. The number of benzene rings is 2. The van der Waals surface area contributed by atoms with E-state index in [1.165, 1.54) is 11.3 Å². The van der Waals surface area contributed by atoms with Gasteiger partial charge in [-0.2, -0.15) is 0 Å². The number of esters is 1. The van der Waals surface area contributed by atoms with Gasteiger partial charge in [0.25, 0.3) is 0 Å². The Balaban J connectivity index is 1.50. The summed E-state index contributed by atoms with van der Waals surface area (Å²) in [5.74, 6) is 0.911. The van der Waals surface area contributed by atoms with E-state index in [9.17, 15) is 4.79 Å². The molecule has 1 unspecified atom stereocenters. The average Bonchev–Trinajstić information content (AvgIpc) is 3.31. The highest BCUT2D eigenvalue weighted by Gasteiger charge is 2.21. The fourth-order valence-corrected chi connectivity index (χ4v) is 4.09. The van der Waals surface area contributed by atoms with Crippen LogP contribution in [0.15, 0.2) is 78.3 Å². The van der Waals surface area contributed by atoms with Crippen molar-refractivity contribution in [3.05, 3.63) is 95.3 Å². The van der Waals surface area contributed by atoms with E-state index < -0.39 is 6.10 Å². The zero-order chi connectivity index (χ0) is 22.3. The molecule has 0 fully saturated rings. The maximum atomic E-state index is 12.8. The van der Waals surface area contributed by atoms with Crippen LogP contribution in [-0.2, 0) is 16.0 Å². The molecule has 2 aromatic heterocycles. The van der Waals surface area contributed by atoms with Crippen molar-refractivity contribution in [3.63, 3.8) is 0 Å². The molecule has 0 spiro atoms. The number of carbonyl (C=O) groups excluding carboxylic acids is 1. The Morgan fingerprint density at radius 2 is 1.75 bits per heavy atom. The predicted molar refractivity (Wildman–Crippen MR) is 123 cm³/mol. The van der Waals surface area contributed by atoms with Gasteiger partial charge in [-0.1, -0.05) is 36.4 Å². The van der Waals surface area contributed by atoms with Crippen LogP contribution in [-0.4, -0.2) is 30.2 Å². The molecule has 4 aromatic rings. The molecule has 4 rings (SSSR count). The van der Waals surface area contributed by atoms with Gasteiger partial charge in [0.15, 0.2) is 17.6 Å². The Morgan fingerprint density at radius 3 is 2.47 bits per heavy atom. The van der Waals surface area contributed by atoms with Crippen LogP contribution in [0.3, 0.4) is 0 Å². The fraction of sp³-hybridized carbons (Fsp3) is 0.160. The van der Waals surface area contributed by atoms with Crippen LogP contribution < -0.4 is 9.47 Å². The average molecular weight is 447 g/mol. The van der Waals surface area contributed by atoms with Gasteiger partial charge in [0.2, 0.25) is 0 Å². The highest BCUT2D eigenvalue weighted by atomic mass is 32.1.